The molecule has 1 amide bonds. The maximum atomic E-state index is 13.5. The number of anilines is 2. The van der Waals surface area contributed by atoms with Crippen LogP contribution >= 0.6 is 0 Å². The van der Waals surface area contributed by atoms with Gasteiger partial charge in [-0.3, -0.25) is 14.5 Å². The van der Waals surface area contributed by atoms with Crippen molar-refractivity contribution in [2.24, 2.45) is 0 Å². The second-order valence-electron chi connectivity index (χ2n) is 9.77. The molecule has 0 radical (unpaired) electrons. The number of Topliss-reactive ketones (excluding diaryl/α,β-unsaturated/α-hetero) is 1. The van der Waals surface area contributed by atoms with E-state index < -0.39 is 17.7 Å². The van der Waals surface area contributed by atoms with Crippen molar-refractivity contribution in [1.29, 1.82) is 0 Å². The minimum absolute atomic E-state index is 0.0987. The maximum Gasteiger partial charge on any atom is 0.300 e. The predicted octanol–water partition coefficient (Wildman–Crippen LogP) is 5.66. The average Bonchev–Trinajstić information content (AvgIpc) is 3.18. The lowest BCUT2D eigenvalue weighted by Crippen LogP contribution is -2.29. The van der Waals surface area contributed by atoms with Gasteiger partial charge in [-0.25, -0.2) is 0 Å². The Morgan fingerprint density at radius 3 is 2.27 bits per heavy atom. The smallest absolute Gasteiger partial charge is 0.300 e. The van der Waals surface area contributed by atoms with Gasteiger partial charge in [-0.15, -0.1) is 0 Å². The molecule has 3 aromatic rings. The fourth-order valence-corrected chi connectivity index (χ4v) is 5.27. The molecule has 5 rings (SSSR count). The molecule has 190 valence electrons. The van der Waals surface area contributed by atoms with Gasteiger partial charge in [0.15, 0.2) is 0 Å². The van der Waals surface area contributed by atoms with Crippen molar-refractivity contribution in [2.75, 3.05) is 30.5 Å². The summed E-state index contributed by atoms with van der Waals surface area (Å²) < 4.78 is 5.60. The molecular formula is C31H32N2O4. The molecule has 3 aromatic carbocycles. The van der Waals surface area contributed by atoms with Crippen LogP contribution in [0.5, 0.6) is 5.75 Å². The lowest BCUT2D eigenvalue weighted by Gasteiger charge is -2.26. The summed E-state index contributed by atoms with van der Waals surface area (Å²) >= 11 is 0. The first kappa shape index (κ1) is 24.6. The van der Waals surface area contributed by atoms with Crippen molar-refractivity contribution in [3.63, 3.8) is 0 Å². The molecule has 1 unspecified atom stereocenters. The Labute approximate surface area is 217 Å². The van der Waals surface area contributed by atoms with Gasteiger partial charge in [0.25, 0.3) is 11.7 Å². The molecule has 6 nitrogen and oxygen atoms in total. The molecule has 0 spiro atoms. The van der Waals surface area contributed by atoms with Crippen LogP contribution in [-0.4, -0.2) is 37.5 Å². The van der Waals surface area contributed by atoms with E-state index in [0.717, 1.165) is 36.9 Å². The van der Waals surface area contributed by atoms with Crippen LogP contribution in [0.3, 0.4) is 0 Å². The lowest BCUT2D eigenvalue weighted by molar-refractivity contribution is -0.132. The zero-order chi connectivity index (χ0) is 26.1. The number of nitrogens with zero attached hydrogens (tertiary/aromatic N) is 2. The first-order valence-electron chi connectivity index (χ1n) is 12.8. The third kappa shape index (κ3) is 4.59. The minimum Gasteiger partial charge on any atom is -0.507 e. The number of aliphatic hydroxyl groups is 1. The van der Waals surface area contributed by atoms with Gasteiger partial charge in [0, 0.05) is 31.0 Å². The van der Waals surface area contributed by atoms with Gasteiger partial charge < -0.3 is 14.7 Å². The minimum atomic E-state index is -0.767. The monoisotopic (exact) mass is 496 g/mol. The summed E-state index contributed by atoms with van der Waals surface area (Å²) in [5.41, 5.74) is 5.44. The van der Waals surface area contributed by atoms with E-state index in [1.807, 2.05) is 92.6 Å². The van der Waals surface area contributed by atoms with Gasteiger partial charge in [-0.05, 0) is 91.8 Å². The Kier molecular flexibility index (Phi) is 6.74. The number of amides is 1. The molecule has 0 aromatic heterocycles. The van der Waals surface area contributed by atoms with Crippen LogP contribution in [0.4, 0.5) is 11.4 Å². The van der Waals surface area contributed by atoms with Gasteiger partial charge in [0.1, 0.15) is 11.5 Å². The highest BCUT2D eigenvalue weighted by atomic mass is 16.5. The van der Waals surface area contributed by atoms with E-state index in [1.54, 1.807) is 0 Å². The second-order valence-corrected chi connectivity index (χ2v) is 9.77. The fraction of sp³-hybridized carbons (Fsp3) is 0.290. The quantitative estimate of drug-likeness (QED) is 0.271. The van der Waals surface area contributed by atoms with Gasteiger partial charge in [-0.2, -0.15) is 0 Å². The van der Waals surface area contributed by atoms with E-state index >= 15 is 0 Å². The van der Waals surface area contributed by atoms with Crippen molar-refractivity contribution < 1.29 is 19.4 Å². The molecule has 0 saturated carbocycles. The van der Waals surface area contributed by atoms with Gasteiger partial charge >= 0.3 is 0 Å². The van der Waals surface area contributed by atoms with Crippen LogP contribution in [0.25, 0.3) is 5.76 Å². The zero-order valence-corrected chi connectivity index (χ0v) is 21.5. The molecule has 1 N–H and O–H groups in total. The number of benzene rings is 3. The highest BCUT2D eigenvalue weighted by Gasteiger charge is 2.47. The Morgan fingerprint density at radius 1 is 0.946 bits per heavy atom. The summed E-state index contributed by atoms with van der Waals surface area (Å²) in [4.78, 5) is 30.4. The summed E-state index contributed by atoms with van der Waals surface area (Å²) in [6, 6.07) is 19.9. The third-order valence-electron chi connectivity index (χ3n) is 7.22. The van der Waals surface area contributed by atoms with Crippen molar-refractivity contribution >= 4 is 28.8 Å². The van der Waals surface area contributed by atoms with E-state index in [0.29, 0.717) is 23.6 Å². The van der Waals surface area contributed by atoms with Crippen LogP contribution in [-0.2, 0) is 22.4 Å². The molecule has 1 atom stereocenters. The van der Waals surface area contributed by atoms with Crippen molar-refractivity contribution in [1.82, 2.24) is 0 Å². The Balaban J connectivity index is 1.64. The average molecular weight is 497 g/mol. The molecule has 1 aliphatic heterocycles. The molecule has 37 heavy (non-hydrogen) atoms. The van der Waals surface area contributed by atoms with E-state index in [1.165, 1.54) is 16.0 Å². The van der Waals surface area contributed by atoms with Crippen LogP contribution in [0.1, 0.15) is 48.1 Å². The third-order valence-corrected chi connectivity index (χ3v) is 7.22. The van der Waals surface area contributed by atoms with E-state index in [4.69, 9.17) is 4.74 Å². The molecule has 6 heteroatoms. The highest BCUT2D eigenvalue weighted by Crippen LogP contribution is 2.43. The van der Waals surface area contributed by atoms with Crippen LogP contribution in [0.2, 0.25) is 0 Å². The largest absolute Gasteiger partial charge is 0.507 e. The normalized spacial score (nSPS) is 18.6. The molecule has 1 heterocycles. The maximum absolute atomic E-state index is 13.5. The first-order valence-corrected chi connectivity index (χ1v) is 12.8. The molecule has 1 fully saturated rings. The van der Waals surface area contributed by atoms with Crippen LogP contribution in [0.15, 0.2) is 72.3 Å². The number of hydrogen-bond acceptors (Lipinski definition) is 5. The molecule has 1 aliphatic carbocycles. The van der Waals surface area contributed by atoms with Crippen molar-refractivity contribution in [3.8, 4) is 5.75 Å². The number of ketones is 1. The summed E-state index contributed by atoms with van der Waals surface area (Å²) in [6.07, 6.45) is 4.24. The summed E-state index contributed by atoms with van der Waals surface area (Å²) in [5, 5.41) is 11.5. The van der Waals surface area contributed by atoms with Gasteiger partial charge in [0.2, 0.25) is 0 Å². The Bertz CT molecular complexity index is 1360. The SMILES string of the molecule is CCOc1ccc(C2/C(=C(/O)c3ccc4c(c3)CCCC4)C(=O)C(=O)N2c2ccc(N(C)C)cc2)cc1. The van der Waals surface area contributed by atoms with E-state index in [-0.39, 0.29) is 11.3 Å². The number of ether oxygens (including phenoxy) is 1. The van der Waals surface area contributed by atoms with Crippen molar-refractivity contribution in [3.05, 3.63) is 94.6 Å². The van der Waals surface area contributed by atoms with E-state index in [9.17, 15) is 14.7 Å². The zero-order valence-electron chi connectivity index (χ0n) is 21.5. The number of rotatable bonds is 6. The Hall–Kier alpha value is -4.06. The van der Waals surface area contributed by atoms with Gasteiger partial charge in [0.05, 0.1) is 18.2 Å². The summed E-state index contributed by atoms with van der Waals surface area (Å²) in [5.74, 6) is -0.784. The second kappa shape index (κ2) is 10.1. The molecule has 1 saturated heterocycles. The number of aliphatic hydroxyl groups excluding tert-OH is 1. The highest BCUT2D eigenvalue weighted by molar-refractivity contribution is 6.51. The molecule has 0 bridgehead atoms. The Morgan fingerprint density at radius 2 is 1.62 bits per heavy atom. The lowest BCUT2D eigenvalue weighted by atomic mass is 9.88. The number of aryl methyl sites for hydroxylation is 2. The molecular weight excluding hydrogens is 464 g/mol. The summed E-state index contributed by atoms with van der Waals surface area (Å²) in [7, 11) is 3.89. The van der Waals surface area contributed by atoms with Crippen LogP contribution < -0.4 is 14.5 Å². The number of hydrogen-bond donors (Lipinski definition) is 1. The number of fused-ring (bicyclic) bond motifs is 1. The number of carbonyl (C=O) groups excluding carboxylic acids is 2. The topological polar surface area (TPSA) is 70.1 Å². The molecule has 2 aliphatic rings. The number of carbonyl (C=O) groups is 2. The van der Waals surface area contributed by atoms with Gasteiger partial charge in [-0.1, -0.05) is 24.3 Å². The summed E-state index contributed by atoms with van der Waals surface area (Å²) in [6.45, 7) is 2.45. The van der Waals surface area contributed by atoms with Crippen molar-refractivity contribution in [2.45, 2.75) is 38.6 Å². The van der Waals surface area contributed by atoms with E-state index in [2.05, 4.69) is 0 Å². The fourth-order valence-electron chi connectivity index (χ4n) is 5.27. The standard InChI is InChI=1S/C31H32N2O4/c1-4-37-26-17-11-21(12-18-26)28-27(29(34)23-10-9-20-7-5-6-8-22(20)19-23)30(35)31(36)33(28)25-15-13-24(14-16-25)32(2)3/h9-19,28,34H,4-8H2,1-3H3/b29-27-. The first-order chi connectivity index (χ1) is 17.9. The predicted molar refractivity (Wildman–Crippen MR) is 146 cm³/mol. The van der Waals surface area contributed by atoms with Crippen LogP contribution in [0, 0.1) is 0 Å².